The lowest BCUT2D eigenvalue weighted by Crippen LogP contribution is -1.90. The van der Waals surface area contributed by atoms with Gasteiger partial charge in [-0.1, -0.05) is 182 Å². The van der Waals surface area contributed by atoms with E-state index in [0.717, 1.165) is 27.6 Å². The summed E-state index contributed by atoms with van der Waals surface area (Å²) in [5, 5.41) is 6.49. The molecule has 0 heterocycles. The van der Waals surface area contributed by atoms with Crippen molar-refractivity contribution in [1.29, 1.82) is 0 Å². The van der Waals surface area contributed by atoms with Crippen molar-refractivity contribution < 1.29 is 17.8 Å². The summed E-state index contributed by atoms with van der Waals surface area (Å²) in [7, 11) is 0. The summed E-state index contributed by atoms with van der Waals surface area (Å²) >= 11 is 0. The van der Waals surface area contributed by atoms with Crippen molar-refractivity contribution in [3.8, 4) is 44.5 Å². The van der Waals surface area contributed by atoms with E-state index >= 15 is 0 Å². The fourth-order valence-corrected chi connectivity index (χ4v) is 7.20. The Labute approximate surface area is 297 Å². The lowest BCUT2D eigenvalue weighted by atomic mass is 9.85. The van der Waals surface area contributed by atoms with Crippen LogP contribution in [0.25, 0.3) is 98.4 Å². The van der Waals surface area contributed by atoms with Crippen molar-refractivity contribution >= 4 is 53.9 Å². The van der Waals surface area contributed by atoms with Gasteiger partial charge in [0.15, 0.2) is 0 Å². The summed E-state index contributed by atoms with van der Waals surface area (Å²) in [5.74, 6) is 0. The second-order valence-electron chi connectivity index (χ2n) is 11.9. The van der Waals surface area contributed by atoms with Crippen LogP contribution in [0.1, 0.15) is 17.8 Å². The van der Waals surface area contributed by atoms with Crippen LogP contribution in [-0.2, 0) is 0 Å². The fourth-order valence-electron chi connectivity index (χ4n) is 7.20. The molecule has 10 aromatic carbocycles. The third-order valence-corrected chi connectivity index (χ3v) is 9.36. The van der Waals surface area contributed by atoms with E-state index in [4.69, 9.17) is 15.1 Å². The maximum atomic E-state index is 9.20. The lowest BCUT2D eigenvalue weighted by Gasteiger charge is -2.18. The summed E-state index contributed by atoms with van der Waals surface area (Å²) in [6.45, 7) is 0. The largest absolute Gasteiger partial charge is 0.0629 e. The van der Waals surface area contributed by atoms with E-state index in [1.54, 1.807) is 12.1 Å². The van der Waals surface area contributed by atoms with Gasteiger partial charge in [0.25, 0.3) is 0 Å². The van der Waals surface area contributed by atoms with Gasteiger partial charge < -0.3 is 0 Å². The van der Waals surface area contributed by atoms with Crippen molar-refractivity contribution in [2.24, 2.45) is 0 Å². The molecular formula is C48H30. The van der Waals surface area contributed by atoms with Gasteiger partial charge in [0, 0.05) is 0 Å². The van der Waals surface area contributed by atoms with Crippen LogP contribution in [0.4, 0.5) is 0 Å². The summed E-state index contributed by atoms with van der Waals surface area (Å²) in [6.07, 6.45) is 0. The highest BCUT2D eigenvalue weighted by Crippen LogP contribution is 2.44. The van der Waals surface area contributed by atoms with E-state index in [1.807, 2.05) is 24.3 Å². The number of hydrogen-bond acceptors (Lipinski definition) is 0. The smallest absolute Gasteiger partial charge is 0.0622 e. The van der Waals surface area contributed by atoms with Gasteiger partial charge in [-0.25, -0.2) is 0 Å². The molecule has 0 aliphatic rings. The molecule has 0 aliphatic carbocycles. The van der Waals surface area contributed by atoms with Gasteiger partial charge in [-0.2, -0.15) is 0 Å². The summed E-state index contributed by atoms with van der Waals surface area (Å²) in [6, 6.07) is 26.4. The molecule has 0 heteroatoms. The molecule has 0 radical (unpaired) electrons. The van der Waals surface area contributed by atoms with Gasteiger partial charge in [-0.15, -0.1) is 0 Å². The van der Waals surface area contributed by atoms with Gasteiger partial charge in [0.1, 0.15) is 0 Å². The van der Waals surface area contributed by atoms with E-state index in [9.17, 15) is 2.74 Å². The zero-order chi connectivity index (χ0) is 42.9. The maximum absolute atomic E-state index is 9.20. The summed E-state index contributed by atoms with van der Waals surface area (Å²) < 4.78 is 114. The van der Waals surface area contributed by atoms with Gasteiger partial charge in [0.2, 0.25) is 0 Å². The van der Waals surface area contributed by atoms with Crippen LogP contribution in [0.15, 0.2) is 182 Å². The third kappa shape index (κ3) is 4.10. The van der Waals surface area contributed by atoms with Crippen molar-refractivity contribution in [2.45, 2.75) is 0 Å². The molecule has 0 saturated heterocycles. The van der Waals surface area contributed by atoms with Crippen LogP contribution in [0, 0.1) is 0 Å². The molecular weight excluding hydrogens is 577 g/mol. The molecule has 10 rings (SSSR count). The number of fused-ring (bicyclic) bond motifs is 2. The molecule has 48 heavy (non-hydrogen) atoms. The number of benzene rings is 10. The van der Waals surface area contributed by atoms with E-state index in [1.165, 1.54) is 26.9 Å². The minimum absolute atomic E-state index is 0.0935. The van der Waals surface area contributed by atoms with Crippen LogP contribution in [0.5, 0.6) is 0 Å². The molecule has 0 saturated carbocycles. The summed E-state index contributed by atoms with van der Waals surface area (Å²) in [5.41, 5.74) is 3.59. The topological polar surface area (TPSA) is 0 Å². The molecule has 0 N–H and O–H groups in total. The zero-order valence-corrected chi connectivity index (χ0v) is 25.3. The minimum Gasteiger partial charge on any atom is -0.0622 e. The monoisotopic (exact) mass is 619 g/mol. The Morgan fingerprint density at radius 1 is 0.292 bits per heavy atom. The molecule has 10 aromatic rings. The van der Waals surface area contributed by atoms with Gasteiger partial charge in [0.05, 0.1) is 17.8 Å². The maximum Gasteiger partial charge on any atom is 0.0629 e. The number of hydrogen-bond donors (Lipinski definition) is 0. The molecule has 0 spiro atoms. The Kier molecular flexibility index (Phi) is 3.79. The van der Waals surface area contributed by atoms with Crippen LogP contribution in [0.3, 0.4) is 0 Å². The molecule has 222 valence electrons. The lowest BCUT2D eigenvalue weighted by molar-refractivity contribution is 1.60. The molecule has 0 nitrogen and oxygen atoms in total. The fraction of sp³-hybridized carbons (Fsp3) is 0. The van der Waals surface area contributed by atoms with Gasteiger partial charge in [-0.3, -0.25) is 0 Å². The highest BCUT2D eigenvalue weighted by molar-refractivity contribution is 6.25. The molecule has 0 unspecified atom stereocenters. The molecule has 0 aromatic heterocycles. The van der Waals surface area contributed by atoms with E-state index < -0.39 is 84.1 Å². The van der Waals surface area contributed by atoms with E-state index in [2.05, 4.69) is 66.7 Å². The molecule has 0 bridgehead atoms. The van der Waals surface area contributed by atoms with E-state index in [-0.39, 0.29) is 32.7 Å². The zero-order valence-electron chi connectivity index (χ0n) is 38.3. The second-order valence-corrected chi connectivity index (χ2v) is 11.9. The van der Waals surface area contributed by atoms with Crippen LogP contribution < -0.4 is 0 Å². The Morgan fingerprint density at radius 3 is 1.31 bits per heavy atom. The van der Waals surface area contributed by atoms with Gasteiger partial charge in [-0.05, 0) is 98.4 Å². The first-order valence-electron chi connectivity index (χ1n) is 22.1. The first-order valence-corrected chi connectivity index (χ1v) is 15.6. The Morgan fingerprint density at radius 2 is 0.729 bits per heavy atom. The molecule has 0 amide bonds. The van der Waals surface area contributed by atoms with Crippen molar-refractivity contribution in [1.82, 2.24) is 0 Å². The predicted molar refractivity (Wildman–Crippen MR) is 207 cm³/mol. The summed E-state index contributed by atoms with van der Waals surface area (Å²) in [4.78, 5) is 0. The Hall–Kier alpha value is -6.24. The van der Waals surface area contributed by atoms with Crippen molar-refractivity contribution in [3.63, 3.8) is 0 Å². The quantitative estimate of drug-likeness (QED) is 0.136. The second kappa shape index (κ2) is 10.7. The van der Waals surface area contributed by atoms with E-state index in [0.29, 0.717) is 5.56 Å². The van der Waals surface area contributed by atoms with Crippen LogP contribution >= 0.6 is 0 Å². The number of rotatable bonds is 4. The Balaban J connectivity index is 1.18. The van der Waals surface area contributed by atoms with Crippen LogP contribution in [0.2, 0.25) is 0 Å². The molecule has 0 fully saturated rings. The first-order chi connectivity index (χ1) is 29.2. The van der Waals surface area contributed by atoms with Crippen LogP contribution in [-0.4, -0.2) is 0 Å². The predicted octanol–water partition coefficient (Wildman–Crippen LogP) is 13.6. The highest BCUT2D eigenvalue weighted by Gasteiger charge is 2.17. The third-order valence-electron chi connectivity index (χ3n) is 9.36. The average Bonchev–Trinajstić information content (AvgIpc) is 3.28. The molecule has 0 aliphatic heterocycles. The molecule has 0 atom stereocenters. The SMILES string of the molecule is [2H]c1c([2H])c([2H])c(-c2c3c([2H])c([2H])c([2H])c([2H])c3c(-c3ccc(-c4ccc(-c5ccc6ccc7cccc8ccc5c6c78)cc4)cc3)c3c([2H])c([2H])c([2H])c([2H])c23)c([2H])c1[2H]. The normalized spacial score (nSPS) is 15.5. The van der Waals surface area contributed by atoms with Gasteiger partial charge >= 0.3 is 0 Å². The first kappa shape index (κ1) is 17.1. The Bertz CT molecular complexity index is 3420. The highest BCUT2D eigenvalue weighted by atomic mass is 14.2. The standard InChI is InChI=1S/C48H30/c1-2-9-34(10-3-1)46-40-13-4-6-15-42(40)47(43-16-7-5-14-41(43)46)37-23-19-32(20-24-37)31-17-21-33(22-18-31)39-29-27-38-26-25-35-11-8-12-36-28-30-44(39)48(38)45(35)36/h1-30H/i1D,2D,3D,4D,5D,6D,7D,9D,10D,13D,14D,15D,16D. The van der Waals surface area contributed by atoms with Crippen molar-refractivity contribution in [3.05, 3.63) is 182 Å². The average molecular weight is 620 g/mol. The van der Waals surface area contributed by atoms with Crippen molar-refractivity contribution in [2.75, 3.05) is 0 Å². The minimum atomic E-state index is -0.706.